The number of fused-ring (bicyclic) bond motifs is 1. The van der Waals surface area contributed by atoms with Gasteiger partial charge in [-0.3, -0.25) is 9.89 Å². The molecular weight excluding hydrogens is 531 g/mol. The summed E-state index contributed by atoms with van der Waals surface area (Å²) < 4.78 is 26.2. The Kier molecular flexibility index (Phi) is 7.27. The maximum absolute atomic E-state index is 12.4. The first kappa shape index (κ1) is 25.7. The number of benzene rings is 3. The Bertz CT molecular complexity index is 1480. The van der Waals surface area contributed by atoms with Crippen molar-refractivity contribution in [1.29, 1.82) is 0 Å². The fraction of sp³-hybridized carbons (Fsp3) is 0.259. The quantitative estimate of drug-likeness (QED) is 0.310. The lowest BCUT2D eigenvalue weighted by atomic mass is 9.84. The highest BCUT2D eigenvalue weighted by atomic mass is 35.5. The van der Waals surface area contributed by atoms with Crippen molar-refractivity contribution in [3.8, 4) is 0 Å². The largest absolute Gasteiger partial charge is 0.369 e. The predicted molar refractivity (Wildman–Crippen MR) is 146 cm³/mol. The Morgan fingerprint density at radius 2 is 1.49 bits per heavy atom. The minimum absolute atomic E-state index is 0.0394. The summed E-state index contributed by atoms with van der Waals surface area (Å²) >= 11 is 12.3. The van der Waals surface area contributed by atoms with Crippen molar-refractivity contribution in [3.63, 3.8) is 0 Å². The van der Waals surface area contributed by atoms with Crippen molar-refractivity contribution >= 4 is 50.0 Å². The summed E-state index contributed by atoms with van der Waals surface area (Å²) in [5.41, 5.74) is 10.3. The van der Waals surface area contributed by atoms with Crippen LogP contribution in [0.1, 0.15) is 47.1 Å². The van der Waals surface area contributed by atoms with Crippen LogP contribution in [0, 0.1) is 0 Å². The number of nitrogens with one attached hydrogen (secondary N) is 1. The highest BCUT2D eigenvalue weighted by Crippen LogP contribution is 2.37. The van der Waals surface area contributed by atoms with Gasteiger partial charge < -0.3 is 5.73 Å². The summed E-state index contributed by atoms with van der Waals surface area (Å²) in [7, 11) is -3.69. The van der Waals surface area contributed by atoms with Crippen molar-refractivity contribution in [3.05, 3.63) is 99.2 Å². The molecule has 1 aromatic heterocycles. The van der Waals surface area contributed by atoms with Gasteiger partial charge in [-0.2, -0.15) is 5.10 Å². The number of aromatic nitrogens is 2. The molecule has 1 amide bonds. The van der Waals surface area contributed by atoms with Crippen LogP contribution in [-0.4, -0.2) is 47.7 Å². The van der Waals surface area contributed by atoms with Gasteiger partial charge in [-0.25, -0.2) is 12.7 Å². The molecule has 3 aromatic carbocycles. The number of amides is 1. The van der Waals surface area contributed by atoms with Crippen LogP contribution in [-0.2, 0) is 14.8 Å². The molecule has 1 aliphatic rings. The summed E-state index contributed by atoms with van der Waals surface area (Å²) in [6.45, 7) is 0.664. The molecule has 192 valence electrons. The Balaban J connectivity index is 1.47. The Labute approximate surface area is 225 Å². The number of rotatable bonds is 7. The predicted octanol–water partition coefficient (Wildman–Crippen LogP) is 5.04. The van der Waals surface area contributed by atoms with Crippen LogP contribution in [0.3, 0.4) is 0 Å². The van der Waals surface area contributed by atoms with Gasteiger partial charge in [0, 0.05) is 46.1 Å². The van der Waals surface area contributed by atoms with E-state index < -0.39 is 21.7 Å². The number of H-pyrrole nitrogens is 1. The number of halogens is 2. The summed E-state index contributed by atoms with van der Waals surface area (Å²) in [6, 6.07) is 21.9. The maximum atomic E-state index is 12.4. The maximum Gasteiger partial charge on any atom is 0.234 e. The Hall–Kier alpha value is -2.91. The minimum Gasteiger partial charge on any atom is -0.369 e. The van der Waals surface area contributed by atoms with Gasteiger partial charge in [-0.1, -0.05) is 53.5 Å². The lowest BCUT2D eigenvalue weighted by molar-refractivity contribution is -0.115. The van der Waals surface area contributed by atoms with Gasteiger partial charge >= 0.3 is 0 Å². The molecule has 0 atom stereocenters. The molecule has 10 heteroatoms. The molecule has 1 saturated heterocycles. The third kappa shape index (κ3) is 5.52. The molecule has 4 aromatic rings. The van der Waals surface area contributed by atoms with Crippen molar-refractivity contribution in [2.24, 2.45) is 5.73 Å². The van der Waals surface area contributed by atoms with Crippen LogP contribution in [0.5, 0.6) is 0 Å². The van der Waals surface area contributed by atoms with E-state index in [1.54, 1.807) is 0 Å². The fourth-order valence-corrected chi connectivity index (χ4v) is 6.68. The van der Waals surface area contributed by atoms with Crippen molar-refractivity contribution < 1.29 is 13.2 Å². The first-order valence-electron chi connectivity index (χ1n) is 12.0. The van der Waals surface area contributed by atoms with Crippen molar-refractivity contribution in [2.75, 3.05) is 18.8 Å². The molecule has 37 heavy (non-hydrogen) atoms. The zero-order chi connectivity index (χ0) is 26.2. The van der Waals surface area contributed by atoms with Crippen LogP contribution in [0.15, 0.2) is 66.7 Å². The molecule has 0 spiro atoms. The van der Waals surface area contributed by atoms with Crippen LogP contribution < -0.4 is 5.73 Å². The molecule has 0 bridgehead atoms. The summed E-state index contributed by atoms with van der Waals surface area (Å²) in [5, 5.41) is 10.1. The van der Waals surface area contributed by atoms with Gasteiger partial charge in [0.05, 0.1) is 5.52 Å². The van der Waals surface area contributed by atoms with Gasteiger partial charge in [0.2, 0.25) is 15.9 Å². The molecule has 3 N–H and O–H groups in total. The van der Waals surface area contributed by atoms with Gasteiger partial charge in [0.25, 0.3) is 0 Å². The third-order valence-electron chi connectivity index (χ3n) is 6.93. The molecule has 0 unspecified atom stereocenters. The van der Waals surface area contributed by atoms with Crippen molar-refractivity contribution in [2.45, 2.75) is 24.7 Å². The van der Waals surface area contributed by atoms with E-state index in [4.69, 9.17) is 28.9 Å². The van der Waals surface area contributed by atoms with Crippen LogP contribution in [0.25, 0.3) is 10.9 Å². The molecule has 7 nitrogen and oxygen atoms in total. The normalized spacial score (nSPS) is 15.4. The van der Waals surface area contributed by atoms with Crippen LogP contribution >= 0.6 is 23.2 Å². The highest BCUT2D eigenvalue weighted by molar-refractivity contribution is 7.89. The SMILES string of the molecule is NC(=O)CS(=O)(=O)N1CCC(c2[nH]nc3ccc(C(c4ccc(Cl)cc4)c4ccc(Cl)cc4)cc23)CC1. The number of carbonyl (C=O) groups is 1. The van der Waals surface area contributed by atoms with Gasteiger partial charge in [-0.15, -0.1) is 0 Å². The number of hydrogen-bond donors (Lipinski definition) is 2. The topological polar surface area (TPSA) is 109 Å². The zero-order valence-corrected chi connectivity index (χ0v) is 22.2. The van der Waals surface area contributed by atoms with Gasteiger partial charge in [0.1, 0.15) is 5.75 Å². The Morgan fingerprint density at radius 3 is 2.03 bits per heavy atom. The lowest BCUT2D eigenvalue weighted by Gasteiger charge is -2.30. The minimum atomic E-state index is -3.69. The van der Waals surface area contributed by atoms with E-state index in [1.807, 2.05) is 54.6 Å². The van der Waals surface area contributed by atoms with E-state index in [0.717, 1.165) is 33.3 Å². The number of hydrogen-bond acceptors (Lipinski definition) is 4. The summed E-state index contributed by atoms with van der Waals surface area (Å²) in [5.74, 6) is -1.43. The average Bonchev–Trinajstić information content (AvgIpc) is 3.29. The molecule has 2 heterocycles. The zero-order valence-electron chi connectivity index (χ0n) is 19.9. The van der Waals surface area contributed by atoms with E-state index in [-0.39, 0.29) is 11.8 Å². The first-order chi connectivity index (χ1) is 17.7. The summed E-state index contributed by atoms with van der Waals surface area (Å²) in [6.07, 6.45) is 1.24. The number of nitrogens with zero attached hydrogens (tertiary/aromatic N) is 2. The molecule has 1 fully saturated rings. The third-order valence-corrected chi connectivity index (χ3v) is 9.23. The number of sulfonamides is 1. The second-order valence-corrected chi connectivity index (χ2v) is 12.2. The number of piperidine rings is 1. The molecule has 0 aliphatic carbocycles. The Morgan fingerprint density at radius 1 is 0.946 bits per heavy atom. The van der Waals surface area contributed by atoms with Crippen LogP contribution in [0.2, 0.25) is 10.0 Å². The van der Waals surface area contributed by atoms with Crippen LogP contribution in [0.4, 0.5) is 0 Å². The number of aromatic amines is 1. The van der Waals surface area contributed by atoms with E-state index >= 15 is 0 Å². The van der Waals surface area contributed by atoms with Gasteiger partial charge in [-0.05, 0) is 65.9 Å². The smallest absolute Gasteiger partial charge is 0.234 e. The van der Waals surface area contributed by atoms with E-state index in [0.29, 0.717) is 36.0 Å². The monoisotopic (exact) mass is 556 g/mol. The van der Waals surface area contributed by atoms with E-state index in [1.165, 1.54) is 4.31 Å². The van der Waals surface area contributed by atoms with Crippen molar-refractivity contribution in [1.82, 2.24) is 14.5 Å². The number of nitrogens with two attached hydrogens (primary N) is 1. The highest BCUT2D eigenvalue weighted by Gasteiger charge is 2.31. The molecule has 0 radical (unpaired) electrons. The number of primary amides is 1. The fourth-order valence-electron chi connectivity index (χ4n) is 5.12. The molecular formula is C27H26Cl2N4O3S. The lowest BCUT2D eigenvalue weighted by Crippen LogP contribution is -2.42. The second kappa shape index (κ2) is 10.5. The summed E-state index contributed by atoms with van der Waals surface area (Å²) in [4.78, 5) is 11.2. The van der Waals surface area contributed by atoms with E-state index in [9.17, 15) is 13.2 Å². The number of carbonyl (C=O) groups excluding carboxylic acids is 1. The average molecular weight is 558 g/mol. The standard InChI is InChI=1S/C27H26Cl2N4O3S/c28-21-6-1-17(2-7-21)26(18-3-8-22(29)9-4-18)20-5-10-24-23(15-20)27(32-31-24)19-11-13-33(14-12-19)37(35,36)16-25(30)34/h1-10,15,19,26H,11-14,16H2,(H2,30,34)(H,31,32). The first-order valence-corrected chi connectivity index (χ1v) is 14.3. The molecule has 0 saturated carbocycles. The van der Waals surface area contributed by atoms with E-state index in [2.05, 4.69) is 22.3 Å². The van der Waals surface area contributed by atoms with Gasteiger partial charge in [0.15, 0.2) is 0 Å². The second-order valence-electron chi connectivity index (χ2n) is 9.35. The molecule has 1 aliphatic heterocycles. The molecule has 5 rings (SSSR count).